The Bertz CT molecular complexity index is 859. The SMILES string of the molecule is Cc1cccnc1-c1nc2c(o1)CCN(c1cccc(Cl)c1)C2. The standard InChI is InChI=1S/C18H16ClN3O/c1-12-4-3-8-20-17(12)18-21-15-11-22(9-7-16(15)23-18)14-6-2-5-13(19)10-14/h2-6,8,10H,7,9,11H2,1H3. The molecule has 1 aliphatic heterocycles. The summed E-state index contributed by atoms with van der Waals surface area (Å²) >= 11 is 6.10. The first-order valence-corrected chi connectivity index (χ1v) is 7.99. The molecule has 0 saturated heterocycles. The number of benzene rings is 1. The first kappa shape index (κ1) is 14.3. The smallest absolute Gasteiger partial charge is 0.245 e. The molecule has 2 aromatic heterocycles. The number of hydrogen-bond donors (Lipinski definition) is 0. The van der Waals surface area contributed by atoms with Gasteiger partial charge in [-0.1, -0.05) is 23.7 Å². The lowest BCUT2D eigenvalue weighted by Gasteiger charge is -2.27. The third kappa shape index (κ3) is 2.70. The molecule has 0 fully saturated rings. The van der Waals surface area contributed by atoms with Crippen LogP contribution in [-0.4, -0.2) is 16.5 Å². The van der Waals surface area contributed by atoms with Gasteiger partial charge < -0.3 is 9.32 Å². The first-order valence-electron chi connectivity index (χ1n) is 7.62. The summed E-state index contributed by atoms with van der Waals surface area (Å²) in [5.74, 6) is 1.57. The normalized spacial score (nSPS) is 13.9. The highest BCUT2D eigenvalue weighted by molar-refractivity contribution is 6.30. The second-order valence-electron chi connectivity index (χ2n) is 5.71. The van der Waals surface area contributed by atoms with Crippen LogP contribution in [0.2, 0.25) is 5.02 Å². The van der Waals surface area contributed by atoms with Crippen molar-refractivity contribution in [3.8, 4) is 11.6 Å². The van der Waals surface area contributed by atoms with Gasteiger partial charge in [-0.05, 0) is 36.8 Å². The van der Waals surface area contributed by atoms with Crippen LogP contribution in [0.15, 0.2) is 47.0 Å². The van der Waals surface area contributed by atoms with Gasteiger partial charge in [0.25, 0.3) is 0 Å². The molecule has 0 unspecified atom stereocenters. The van der Waals surface area contributed by atoms with Gasteiger partial charge in [-0.2, -0.15) is 0 Å². The van der Waals surface area contributed by atoms with Gasteiger partial charge in [-0.15, -0.1) is 0 Å². The summed E-state index contributed by atoms with van der Waals surface area (Å²) in [4.78, 5) is 11.3. The van der Waals surface area contributed by atoms with E-state index in [0.29, 0.717) is 5.89 Å². The van der Waals surface area contributed by atoms with Gasteiger partial charge >= 0.3 is 0 Å². The monoisotopic (exact) mass is 325 g/mol. The van der Waals surface area contributed by atoms with E-state index in [2.05, 4.69) is 20.9 Å². The molecule has 4 nitrogen and oxygen atoms in total. The molecule has 23 heavy (non-hydrogen) atoms. The van der Waals surface area contributed by atoms with Gasteiger partial charge in [0, 0.05) is 29.9 Å². The van der Waals surface area contributed by atoms with Crippen LogP contribution in [0.5, 0.6) is 0 Å². The molecule has 4 rings (SSSR count). The van der Waals surface area contributed by atoms with Crippen molar-refractivity contribution in [2.24, 2.45) is 0 Å². The Balaban J connectivity index is 1.65. The topological polar surface area (TPSA) is 42.2 Å². The number of aryl methyl sites for hydroxylation is 1. The molecule has 116 valence electrons. The summed E-state index contributed by atoms with van der Waals surface area (Å²) in [6.07, 6.45) is 2.60. The highest BCUT2D eigenvalue weighted by atomic mass is 35.5. The van der Waals surface area contributed by atoms with E-state index in [9.17, 15) is 0 Å². The fourth-order valence-corrected chi connectivity index (χ4v) is 3.09. The van der Waals surface area contributed by atoms with Crippen LogP contribution >= 0.6 is 11.6 Å². The molecule has 0 atom stereocenters. The molecule has 0 aliphatic carbocycles. The van der Waals surface area contributed by atoms with Crippen LogP contribution in [0.3, 0.4) is 0 Å². The average molecular weight is 326 g/mol. The molecule has 0 saturated carbocycles. The average Bonchev–Trinajstić information content (AvgIpc) is 2.98. The van der Waals surface area contributed by atoms with E-state index in [-0.39, 0.29) is 0 Å². The molecule has 0 radical (unpaired) electrons. The van der Waals surface area contributed by atoms with Crippen molar-refractivity contribution in [1.29, 1.82) is 0 Å². The summed E-state index contributed by atoms with van der Waals surface area (Å²) in [6, 6.07) is 11.8. The van der Waals surface area contributed by atoms with Gasteiger partial charge in [0.05, 0.1) is 6.54 Å². The third-order valence-corrected chi connectivity index (χ3v) is 4.35. The Morgan fingerprint density at radius 1 is 1.22 bits per heavy atom. The number of aromatic nitrogens is 2. The lowest BCUT2D eigenvalue weighted by Crippen LogP contribution is -2.29. The number of anilines is 1. The molecule has 0 N–H and O–H groups in total. The van der Waals surface area contributed by atoms with Crippen molar-refractivity contribution in [3.63, 3.8) is 0 Å². The lowest BCUT2D eigenvalue weighted by atomic mass is 10.1. The fraction of sp³-hybridized carbons (Fsp3) is 0.222. The van der Waals surface area contributed by atoms with Gasteiger partial charge in [0.2, 0.25) is 5.89 Å². The molecular weight excluding hydrogens is 310 g/mol. The maximum Gasteiger partial charge on any atom is 0.245 e. The predicted octanol–water partition coefficient (Wildman–Crippen LogP) is 4.26. The number of pyridine rings is 1. The Labute approximate surface area is 139 Å². The molecule has 3 heterocycles. The summed E-state index contributed by atoms with van der Waals surface area (Å²) in [5.41, 5.74) is 3.98. The number of nitrogens with zero attached hydrogens (tertiary/aromatic N) is 3. The third-order valence-electron chi connectivity index (χ3n) is 4.11. The van der Waals surface area contributed by atoms with Crippen molar-refractivity contribution in [2.75, 3.05) is 11.4 Å². The maximum atomic E-state index is 6.10. The van der Waals surface area contributed by atoms with E-state index >= 15 is 0 Å². The molecule has 0 amide bonds. The van der Waals surface area contributed by atoms with E-state index in [0.717, 1.165) is 52.9 Å². The number of hydrogen-bond acceptors (Lipinski definition) is 4. The zero-order valence-corrected chi connectivity index (χ0v) is 13.5. The number of rotatable bonds is 2. The molecule has 5 heteroatoms. The van der Waals surface area contributed by atoms with Crippen LogP contribution < -0.4 is 4.90 Å². The largest absolute Gasteiger partial charge is 0.439 e. The molecule has 0 bridgehead atoms. The highest BCUT2D eigenvalue weighted by Crippen LogP contribution is 2.29. The first-order chi connectivity index (χ1) is 11.2. The second kappa shape index (κ2) is 5.70. The van der Waals surface area contributed by atoms with Crippen LogP contribution in [0.4, 0.5) is 5.69 Å². The summed E-state index contributed by atoms with van der Waals surface area (Å²) < 4.78 is 5.95. The second-order valence-corrected chi connectivity index (χ2v) is 6.15. The van der Waals surface area contributed by atoms with Crippen LogP contribution in [-0.2, 0) is 13.0 Å². The van der Waals surface area contributed by atoms with Gasteiger partial charge in [-0.25, -0.2) is 4.98 Å². The minimum atomic E-state index is 0.612. The van der Waals surface area contributed by atoms with Gasteiger partial charge in [-0.3, -0.25) is 4.98 Å². The highest BCUT2D eigenvalue weighted by Gasteiger charge is 2.24. The van der Waals surface area contributed by atoms with E-state index < -0.39 is 0 Å². The Kier molecular flexibility index (Phi) is 3.54. The Morgan fingerprint density at radius 3 is 2.96 bits per heavy atom. The minimum Gasteiger partial charge on any atom is -0.439 e. The van der Waals surface area contributed by atoms with Crippen molar-refractivity contribution in [3.05, 3.63) is 64.6 Å². The number of fused-ring (bicyclic) bond motifs is 1. The van der Waals surface area contributed by atoms with Crippen LogP contribution in [0.1, 0.15) is 17.0 Å². The van der Waals surface area contributed by atoms with Crippen molar-refractivity contribution >= 4 is 17.3 Å². The molecule has 1 aliphatic rings. The van der Waals surface area contributed by atoms with E-state index in [1.165, 1.54) is 0 Å². The molecule has 3 aromatic rings. The quantitative estimate of drug-likeness (QED) is 0.706. The zero-order valence-electron chi connectivity index (χ0n) is 12.8. The molecule has 1 aromatic carbocycles. The minimum absolute atomic E-state index is 0.612. The number of halogens is 1. The number of oxazole rings is 1. The van der Waals surface area contributed by atoms with E-state index in [1.807, 2.05) is 37.3 Å². The Hall–Kier alpha value is -2.33. The molecule has 0 spiro atoms. The van der Waals surface area contributed by atoms with Gasteiger partial charge in [0.1, 0.15) is 17.1 Å². The van der Waals surface area contributed by atoms with E-state index in [4.69, 9.17) is 16.0 Å². The Morgan fingerprint density at radius 2 is 2.13 bits per heavy atom. The van der Waals surface area contributed by atoms with Gasteiger partial charge in [0.15, 0.2) is 0 Å². The summed E-state index contributed by atoms with van der Waals surface area (Å²) in [5, 5.41) is 0.748. The van der Waals surface area contributed by atoms with Crippen molar-refractivity contribution < 1.29 is 4.42 Å². The van der Waals surface area contributed by atoms with Crippen molar-refractivity contribution in [2.45, 2.75) is 19.9 Å². The summed E-state index contributed by atoms with van der Waals surface area (Å²) in [6.45, 7) is 3.64. The fourth-order valence-electron chi connectivity index (χ4n) is 2.90. The lowest BCUT2D eigenvalue weighted by molar-refractivity contribution is 0.498. The van der Waals surface area contributed by atoms with Crippen LogP contribution in [0.25, 0.3) is 11.6 Å². The predicted molar refractivity (Wildman–Crippen MR) is 90.7 cm³/mol. The maximum absolute atomic E-state index is 6.10. The molecular formula is C18H16ClN3O. The van der Waals surface area contributed by atoms with Crippen LogP contribution in [0, 0.1) is 6.92 Å². The summed E-state index contributed by atoms with van der Waals surface area (Å²) in [7, 11) is 0. The van der Waals surface area contributed by atoms with E-state index in [1.54, 1.807) is 6.20 Å². The van der Waals surface area contributed by atoms with Crippen molar-refractivity contribution in [1.82, 2.24) is 9.97 Å². The zero-order chi connectivity index (χ0) is 15.8.